The first-order valence-electron chi connectivity index (χ1n) is 5.65. The van der Waals surface area contributed by atoms with Crippen LogP contribution < -0.4 is 0 Å². The Bertz CT molecular complexity index is 464. The van der Waals surface area contributed by atoms with E-state index in [0.29, 0.717) is 19.7 Å². The summed E-state index contributed by atoms with van der Waals surface area (Å²) in [5.74, 6) is 0.787. The van der Waals surface area contributed by atoms with E-state index in [2.05, 4.69) is 0 Å². The molecule has 0 N–H and O–H groups in total. The number of hydrogen-bond donors (Lipinski definition) is 0. The highest BCUT2D eigenvalue weighted by molar-refractivity contribution is 7.12. The average molecular weight is 265 g/mol. The standard InChI is InChI=1S/C13H15NO3S/c1-16-8-6-14(10-11-4-2-7-17-11)13(15)12-5-3-9-18-12/h2-5,7,9H,6,8,10H2,1H3. The van der Waals surface area contributed by atoms with Crippen molar-refractivity contribution in [2.45, 2.75) is 6.54 Å². The fourth-order valence-corrected chi connectivity index (χ4v) is 2.29. The van der Waals surface area contributed by atoms with Crippen LogP contribution in [0.25, 0.3) is 0 Å². The lowest BCUT2D eigenvalue weighted by molar-refractivity contribution is 0.0671. The molecule has 0 saturated carbocycles. The molecular weight excluding hydrogens is 250 g/mol. The summed E-state index contributed by atoms with van der Waals surface area (Å²) in [6.45, 7) is 1.53. The molecule has 96 valence electrons. The van der Waals surface area contributed by atoms with Crippen molar-refractivity contribution >= 4 is 17.2 Å². The van der Waals surface area contributed by atoms with Crippen LogP contribution in [0.5, 0.6) is 0 Å². The molecule has 0 radical (unpaired) electrons. The maximum absolute atomic E-state index is 12.3. The number of carbonyl (C=O) groups excluding carboxylic acids is 1. The number of rotatable bonds is 6. The van der Waals surface area contributed by atoms with Crippen molar-refractivity contribution in [2.75, 3.05) is 20.3 Å². The Morgan fingerprint density at radius 2 is 2.33 bits per heavy atom. The van der Waals surface area contributed by atoms with E-state index >= 15 is 0 Å². The molecular formula is C13H15NO3S. The lowest BCUT2D eigenvalue weighted by atomic mass is 10.3. The highest BCUT2D eigenvalue weighted by Gasteiger charge is 2.17. The van der Waals surface area contributed by atoms with Gasteiger partial charge in [-0.3, -0.25) is 4.79 Å². The first-order valence-corrected chi connectivity index (χ1v) is 6.53. The molecule has 0 aliphatic heterocycles. The number of methoxy groups -OCH3 is 1. The molecule has 0 fully saturated rings. The molecule has 2 heterocycles. The molecule has 5 heteroatoms. The van der Waals surface area contributed by atoms with E-state index in [0.717, 1.165) is 10.6 Å². The summed E-state index contributed by atoms with van der Waals surface area (Å²) in [6.07, 6.45) is 1.61. The molecule has 0 aromatic carbocycles. The van der Waals surface area contributed by atoms with Gasteiger partial charge in [-0.05, 0) is 23.6 Å². The normalized spacial score (nSPS) is 10.5. The van der Waals surface area contributed by atoms with Crippen molar-refractivity contribution < 1.29 is 13.9 Å². The van der Waals surface area contributed by atoms with Crippen LogP contribution in [0, 0.1) is 0 Å². The van der Waals surface area contributed by atoms with Gasteiger partial charge in [0.2, 0.25) is 0 Å². The topological polar surface area (TPSA) is 42.7 Å². The van der Waals surface area contributed by atoms with Gasteiger partial charge in [0, 0.05) is 13.7 Å². The molecule has 2 aromatic heterocycles. The molecule has 0 unspecified atom stereocenters. The Kier molecular flexibility index (Phi) is 4.55. The zero-order valence-electron chi connectivity index (χ0n) is 10.2. The molecule has 0 bridgehead atoms. The lowest BCUT2D eigenvalue weighted by Crippen LogP contribution is -2.32. The minimum atomic E-state index is 0.0125. The van der Waals surface area contributed by atoms with Crippen LogP contribution in [0.1, 0.15) is 15.4 Å². The fraction of sp³-hybridized carbons (Fsp3) is 0.308. The summed E-state index contributed by atoms with van der Waals surface area (Å²) in [5, 5.41) is 1.90. The van der Waals surface area contributed by atoms with Crippen LogP contribution in [-0.2, 0) is 11.3 Å². The van der Waals surface area contributed by atoms with Crippen molar-refractivity contribution in [3.8, 4) is 0 Å². The van der Waals surface area contributed by atoms with Crippen molar-refractivity contribution in [1.29, 1.82) is 0 Å². The Labute approximate surface area is 110 Å². The first-order chi connectivity index (χ1) is 8.81. The first kappa shape index (κ1) is 12.9. The summed E-state index contributed by atoms with van der Waals surface area (Å²) >= 11 is 1.44. The summed E-state index contributed by atoms with van der Waals surface area (Å²) in [4.78, 5) is 14.7. The maximum atomic E-state index is 12.3. The van der Waals surface area contributed by atoms with Crippen LogP contribution in [0.2, 0.25) is 0 Å². The molecule has 0 aliphatic carbocycles. The summed E-state index contributed by atoms with van der Waals surface area (Å²) in [7, 11) is 1.63. The van der Waals surface area contributed by atoms with E-state index in [1.807, 2.05) is 29.6 Å². The molecule has 0 aliphatic rings. The van der Waals surface area contributed by atoms with E-state index in [4.69, 9.17) is 9.15 Å². The number of nitrogens with zero attached hydrogens (tertiary/aromatic N) is 1. The third-order valence-corrected chi connectivity index (χ3v) is 3.37. The quantitative estimate of drug-likeness (QED) is 0.806. The van der Waals surface area contributed by atoms with E-state index in [-0.39, 0.29) is 5.91 Å². The Hall–Kier alpha value is -1.59. The second-order valence-corrected chi connectivity index (χ2v) is 4.72. The molecule has 0 saturated heterocycles. The molecule has 2 aromatic rings. The van der Waals surface area contributed by atoms with Gasteiger partial charge in [-0.15, -0.1) is 11.3 Å². The van der Waals surface area contributed by atoms with Crippen LogP contribution in [0.15, 0.2) is 40.3 Å². The predicted octanol–water partition coefficient (Wildman–Crippen LogP) is 2.63. The zero-order valence-corrected chi connectivity index (χ0v) is 11.0. The highest BCUT2D eigenvalue weighted by Crippen LogP contribution is 2.14. The largest absolute Gasteiger partial charge is 0.467 e. The van der Waals surface area contributed by atoms with Crippen molar-refractivity contribution in [1.82, 2.24) is 4.90 Å². The summed E-state index contributed by atoms with van der Waals surface area (Å²) in [6, 6.07) is 7.38. The number of ether oxygens (including phenoxy) is 1. The summed E-state index contributed by atoms with van der Waals surface area (Å²) in [5.41, 5.74) is 0. The van der Waals surface area contributed by atoms with Crippen LogP contribution >= 0.6 is 11.3 Å². The highest BCUT2D eigenvalue weighted by atomic mass is 32.1. The second kappa shape index (κ2) is 6.37. The Balaban J connectivity index is 2.07. The SMILES string of the molecule is COCCN(Cc1ccco1)C(=O)c1cccs1. The smallest absolute Gasteiger partial charge is 0.264 e. The third kappa shape index (κ3) is 3.21. The molecule has 4 nitrogen and oxygen atoms in total. The van der Waals surface area contributed by atoms with Gasteiger partial charge in [-0.1, -0.05) is 6.07 Å². The van der Waals surface area contributed by atoms with Gasteiger partial charge in [0.15, 0.2) is 0 Å². The number of carbonyl (C=O) groups is 1. The van der Waals surface area contributed by atoms with Gasteiger partial charge in [-0.2, -0.15) is 0 Å². The van der Waals surface area contributed by atoms with Crippen molar-refractivity contribution in [3.63, 3.8) is 0 Å². The van der Waals surface area contributed by atoms with Gasteiger partial charge in [0.1, 0.15) is 5.76 Å². The van der Waals surface area contributed by atoms with E-state index in [1.54, 1.807) is 18.3 Å². The Morgan fingerprint density at radius 3 is 2.94 bits per heavy atom. The molecule has 0 atom stereocenters. The van der Waals surface area contributed by atoms with Gasteiger partial charge in [0.05, 0.1) is 24.3 Å². The monoisotopic (exact) mass is 265 g/mol. The zero-order chi connectivity index (χ0) is 12.8. The number of amides is 1. The number of hydrogen-bond acceptors (Lipinski definition) is 4. The fourth-order valence-electron chi connectivity index (χ4n) is 1.60. The van der Waals surface area contributed by atoms with Crippen LogP contribution in [0.4, 0.5) is 0 Å². The molecule has 18 heavy (non-hydrogen) atoms. The predicted molar refractivity (Wildman–Crippen MR) is 69.6 cm³/mol. The van der Waals surface area contributed by atoms with Gasteiger partial charge >= 0.3 is 0 Å². The van der Waals surface area contributed by atoms with Crippen LogP contribution in [0.3, 0.4) is 0 Å². The lowest BCUT2D eigenvalue weighted by Gasteiger charge is -2.20. The van der Waals surface area contributed by atoms with Gasteiger partial charge in [-0.25, -0.2) is 0 Å². The maximum Gasteiger partial charge on any atom is 0.264 e. The minimum absolute atomic E-state index is 0.0125. The Morgan fingerprint density at radius 1 is 1.44 bits per heavy atom. The molecule has 2 rings (SSSR count). The van der Waals surface area contributed by atoms with E-state index in [9.17, 15) is 4.79 Å². The number of thiophene rings is 1. The van der Waals surface area contributed by atoms with Crippen molar-refractivity contribution in [3.05, 3.63) is 46.5 Å². The molecule has 1 amide bonds. The third-order valence-electron chi connectivity index (χ3n) is 2.51. The second-order valence-electron chi connectivity index (χ2n) is 3.78. The summed E-state index contributed by atoms with van der Waals surface area (Å²) < 4.78 is 10.3. The molecule has 0 spiro atoms. The van der Waals surface area contributed by atoms with Gasteiger partial charge in [0.25, 0.3) is 5.91 Å². The van der Waals surface area contributed by atoms with Gasteiger partial charge < -0.3 is 14.1 Å². The van der Waals surface area contributed by atoms with E-state index in [1.165, 1.54) is 11.3 Å². The van der Waals surface area contributed by atoms with Crippen LogP contribution in [-0.4, -0.2) is 31.1 Å². The van der Waals surface area contributed by atoms with Crippen molar-refractivity contribution in [2.24, 2.45) is 0 Å². The van der Waals surface area contributed by atoms with E-state index < -0.39 is 0 Å². The minimum Gasteiger partial charge on any atom is -0.467 e. The average Bonchev–Trinajstić information content (AvgIpc) is 3.06. The number of furan rings is 1.